The molecule has 98 valence electrons. The van der Waals surface area contributed by atoms with E-state index < -0.39 is 23.7 Å². The van der Waals surface area contributed by atoms with Crippen LogP contribution in [0.15, 0.2) is 5.11 Å². The van der Waals surface area contributed by atoms with Gasteiger partial charge in [0.15, 0.2) is 6.04 Å². The summed E-state index contributed by atoms with van der Waals surface area (Å²) in [6.45, 7) is 5.09. The van der Waals surface area contributed by atoms with Crippen molar-refractivity contribution in [3.05, 3.63) is 10.4 Å². The Labute approximate surface area is 106 Å². The highest BCUT2D eigenvalue weighted by Crippen LogP contribution is 2.14. The molecule has 0 aliphatic heterocycles. The summed E-state index contributed by atoms with van der Waals surface area (Å²) in [5, 5.41) is 13.0. The molecule has 0 amide bonds. The molecule has 0 rings (SSSR count). The highest BCUT2D eigenvalue weighted by Gasteiger charge is 2.30. The summed E-state index contributed by atoms with van der Waals surface area (Å²) in [4.78, 5) is 14.2. The monoisotopic (exact) mass is 263 g/mol. The molecule has 0 saturated heterocycles. The van der Waals surface area contributed by atoms with E-state index in [1.54, 1.807) is 20.8 Å². The molecule has 0 aromatic rings. The van der Waals surface area contributed by atoms with Gasteiger partial charge in [-0.25, -0.2) is 0 Å². The maximum atomic E-state index is 11.7. The van der Waals surface area contributed by atoms with E-state index in [1.165, 1.54) is 0 Å². The number of aliphatic hydroxyl groups is 1. The highest BCUT2D eigenvalue weighted by atomic mass is 35.5. The van der Waals surface area contributed by atoms with Crippen molar-refractivity contribution in [1.29, 1.82) is 0 Å². The number of nitrogens with zero attached hydrogens (tertiary/aromatic N) is 3. The predicted molar refractivity (Wildman–Crippen MR) is 64.7 cm³/mol. The van der Waals surface area contributed by atoms with Gasteiger partial charge in [-0.15, -0.1) is 11.6 Å². The van der Waals surface area contributed by atoms with Gasteiger partial charge in [-0.2, -0.15) is 0 Å². The number of azide groups is 1. The van der Waals surface area contributed by atoms with Gasteiger partial charge >= 0.3 is 5.97 Å². The summed E-state index contributed by atoms with van der Waals surface area (Å²) in [7, 11) is 0. The van der Waals surface area contributed by atoms with Crippen molar-refractivity contribution in [2.45, 2.75) is 51.4 Å². The van der Waals surface area contributed by atoms with Gasteiger partial charge in [0.1, 0.15) is 5.60 Å². The smallest absolute Gasteiger partial charge is 0.318 e. The van der Waals surface area contributed by atoms with E-state index in [-0.39, 0.29) is 6.42 Å². The van der Waals surface area contributed by atoms with E-state index in [9.17, 15) is 9.90 Å². The molecular weight excluding hydrogens is 246 g/mol. The number of esters is 1. The lowest BCUT2D eigenvalue weighted by Gasteiger charge is -2.24. The third-order valence-electron chi connectivity index (χ3n) is 1.82. The first-order valence-corrected chi connectivity index (χ1v) is 5.86. The summed E-state index contributed by atoms with van der Waals surface area (Å²) < 4.78 is 5.06. The van der Waals surface area contributed by atoms with E-state index in [0.717, 1.165) is 0 Å². The van der Waals surface area contributed by atoms with Crippen molar-refractivity contribution in [3.63, 3.8) is 0 Å². The molecule has 6 nitrogen and oxygen atoms in total. The number of hydrogen-bond acceptors (Lipinski definition) is 4. The lowest BCUT2D eigenvalue weighted by atomic mass is 10.1. The number of ether oxygens (including phenoxy) is 1. The van der Waals surface area contributed by atoms with Gasteiger partial charge in [-0.05, 0) is 39.1 Å². The Bertz CT molecular complexity index is 298. The summed E-state index contributed by atoms with van der Waals surface area (Å²) >= 11 is 5.48. The van der Waals surface area contributed by atoms with Crippen LogP contribution >= 0.6 is 11.6 Å². The van der Waals surface area contributed by atoms with Crippen molar-refractivity contribution in [1.82, 2.24) is 0 Å². The number of alkyl halides is 1. The second-order valence-electron chi connectivity index (χ2n) is 4.58. The second-order valence-corrected chi connectivity index (χ2v) is 4.96. The first kappa shape index (κ1) is 16.0. The third kappa shape index (κ3) is 7.05. The molecule has 1 N–H and O–H groups in total. The van der Waals surface area contributed by atoms with E-state index >= 15 is 0 Å². The fraction of sp³-hybridized carbons (Fsp3) is 0.900. The number of hydrogen-bond donors (Lipinski definition) is 1. The zero-order valence-electron chi connectivity index (χ0n) is 10.3. The molecule has 0 saturated carbocycles. The minimum atomic E-state index is -1.22. The second kappa shape index (κ2) is 7.37. The van der Waals surface area contributed by atoms with Crippen LogP contribution in [0.25, 0.3) is 10.4 Å². The van der Waals surface area contributed by atoms with Gasteiger partial charge in [0.2, 0.25) is 0 Å². The Morgan fingerprint density at radius 1 is 1.59 bits per heavy atom. The maximum Gasteiger partial charge on any atom is 0.318 e. The summed E-state index contributed by atoms with van der Waals surface area (Å²) in [5.41, 5.74) is 7.68. The lowest BCUT2D eigenvalue weighted by Crippen LogP contribution is -2.38. The molecule has 0 bridgehead atoms. The Balaban J connectivity index is 4.61. The predicted octanol–water partition coefficient (Wildman–Crippen LogP) is 2.39. The van der Waals surface area contributed by atoms with Crippen LogP contribution in [0.2, 0.25) is 0 Å². The topological polar surface area (TPSA) is 95.3 Å². The molecule has 0 fully saturated rings. The van der Waals surface area contributed by atoms with Crippen LogP contribution in [-0.4, -0.2) is 34.7 Å². The SMILES string of the molecule is CC(C)(C)OC(=O)[C@@H](N=[N+]=[N-])[C@@H](O)CCCCl. The molecule has 0 aliphatic carbocycles. The minimum absolute atomic E-state index is 0.284. The molecule has 0 unspecified atom stereocenters. The normalized spacial score (nSPS) is 14.6. The van der Waals surface area contributed by atoms with Gasteiger partial charge in [0.05, 0.1) is 6.10 Å². The number of carbonyl (C=O) groups is 1. The van der Waals surface area contributed by atoms with Crippen LogP contribution < -0.4 is 0 Å². The standard InChI is InChI=1S/C10H18ClN3O3/c1-10(2,3)17-9(16)8(13-14-12)7(15)5-4-6-11/h7-8,15H,4-6H2,1-3H3/t7-,8-/m0/s1. The zero-order chi connectivity index (χ0) is 13.5. The zero-order valence-corrected chi connectivity index (χ0v) is 11.0. The number of halogens is 1. The summed E-state index contributed by atoms with van der Waals surface area (Å²) in [6.07, 6.45) is -0.255. The fourth-order valence-corrected chi connectivity index (χ4v) is 1.30. The number of carbonyl (C=O) groups excluding carboxylic acids is 1. The van der Waals surface area contributed by atoms with Crippen LogP contribution in [0.4, 0.5) is 0 Å². The van der Waals surface area contributed by atoms with Crippen LogP contribution in [0, 0.1) is 0 Å². The average Bonchev–Trinajstić information content (AvgIpc) is 2.19. The van der Waals surface area contributed by atoms with Gasteiger partial charge in [0.25, 0.3) is 0 Å². The van der Waals surface area contributed by atoms with E-state index in [0.29, 0.717) is 12.3 Å². The average molecular weight is 264 g/mol. The Morgan fingerprint density at radius 3 is 2.59 bits per heavy atom. The molecular formula is C10H18ClN3O3. The van der Waals surface area contributed by atoms with Crippen LogP contribution in [0.5, 0.6) is 0 Å². The molecule has 0 aromatic carbocycles. The maximum absolute atomic E-state index is 11.7. The van der Waals surface area contributed by atoms with Gasteiger partial charge in [-0.1, -0.05) is 5.11 Å². The molecule has 0 radical (unpaired) electrons. The molecule has 0 heterocycles. The largest absolute Gasteiger partial charge is 0.460 e. The molecule has 0 aromatic heterocycles. The highest BCUT2D eigenvalue weighted by molar-refractivity contribution is 6.17. The molecule has 2 atom stereocenters. The van der Waals surface area contributed by atoms with E-state index in [1.807, 2.05) is 0 Å². The van der Waals surface area contributed by atoms with Crippen molar-refractivity contribution in [2.75, 3.05) is 5.88 Å². The first-order valence-electron chi connectivity index (χ1n) is 5.33. The lowest BCUT2D eigenvalue weighted by molar-refractivity contribution is -0.159. The number of rotatable bonds is 6. The van der Waals surface area contributed by atoms with Crippen molar-refractivity contribution in [3.8, 4) is 0 Å². The molecule has 0 spiro atoms. The Kier molecular flexibility index (Phi) is 6.95. The summed E-state index contributed by atoms with van der Waals surface area (Å²) in [6, 6.07) is -1.22. The van der Waals surface area contributed by atoms with Crippen LogP contribution in [0.1, 0.15) is 33.6 Å². The van der Waals surface area contributed by atoms with E-state index in [4.69, 9.17) is 21.9 Å². The Hall–Kier alpha value is -0.970. The third-order valence-corrected chi connectivity index (χ3v) is 2.09. The summed E-state index contributed by atoms with van der Waals surface area (Å²) in [5.74, 6) is -0.355. The van der Waals surface area contributed by atoms with Gasteiger partial charge in [-0.3, -0.25) is 4.79 Å². The fourth-order valence-electron chi connectivity index (χ4n) is 1.14. The van der Waals surface area contributed by atoms with Gasteiger partial charge < -0.3 is 9.84 Å². The van der Waals surface area contributed by atoms with E-state index in [2.05, 4.69) is 10.0 Å². The van der Waals surface area contributed by atoms with Crippen molar-refractivity contribution >= 4 is 17.6 Å². The van der Waals surface area contributed by atoms with Crippen molar-refractivity contribution in [2.24, 2.45) is 5.11 Å². The van der Waals surface area contributed by atoms with Crippen molar-refractivity contribution < 1.29 is 14.6 Å². The molecule has 7 heteroatoms. The number of aliphatic hydroxyl groups excluding tert-OH is 1. The quantitative estimate of drug-likeness (QED) is 0.262. The Morgan fingerprint density at radius 2 is 2.18 bits per heavy atom. The van der Waals surface area contributed by atoms with Crippen LogP contribution in [0.3, 0.4) is 0 Å². The molecule has 0 aliphatic rings. The van der Waals surface area contributed by atoms with Gasteiger partial charge in [0, 0.05) is 10.8 Å². The van der Waals surface area contributed by atoms with Crippen LogP contribution in [-0.2, 0) is 9.53 Å². The first-order chi connectivity index (χ1) is 7.81. The minimum Gasteiger partial charge on any atom is -0.460 e. The molecule has 17 heavy (non-hydrogen) atoms.